The Morgan fingerprint density at radius 1 is 0.760 bits per heavy atom. The predicted molar refractivity (Wildman–Crippen MR) is 203 cm³/mol. The predicted octanol–water partition coefficient (Wildman–Crippen LogP) is 6.79. The number of piperidine rings is 2. The number of hydrogen-bond acceptors (Lipinski definition) is 9. The minimum absolute atomic E-state index is 0.246. The third-order valence-corrected chi connectivity index (χ3v) is 11.4. The zero-order chi connectivity index (χ0) is 33.9. The van der Waals surface area contributed by atoms with Gasteiger partial charge in [-0.15, -0.1) is 0 Å². The number of rotatable bonds is 8. The normalized spacial score (nSPS) is 20.5. The van der Waals surface area contributed by atoms with Crippen molar-refractivity contribution in [1.29, 1.82) is 0 Å². The molecule has 3 fully saturated rings. The molecule has 0 radical (unpaired) electrons. The second kappa shape index (κ2) is 14.8. The van der Waals surface area contributed by atoms with Crippen LogP contribution in [0.4, 0.5) is 17.2 Å². The van der Waals surface area contributed by atoms with Crippen LogP contribution >= 0.6 is 0 Å². The molecule has 50 heavy (non-hydrogen) atoms. The lowest BCUT2D eigenvalue weighted by Crippen LogP contribution is -2.39. The first-order valence-corrected chi connectivity index (χ1v) is 18.7. The fraction of sp³-hybridized carbons (Fsp3) is 0.488. The maximum Gasteiger partial charge on any atom is 0.318 e. The number of hydrogen-bond donors (Lipinski definition) is 0. The number of nitrogens with zero attached hydrogens (tertiary/aromatic N) is 8. The van der Waals surface area contributed by atoms with Crippen molar-refractivity contribution in [3.05, 3.63) is 83.6 Å². The van der Waals surface area contributed by atoms with Gasteiger partial charge in [-0.2, -0.15) is 9.97 Å². The number of likely N-dealkylation sites (N-methyl/N-ethyl adjacent to an activating group) is 1. The summed E-state index contributed by atoms with van der Waals surface area (Å²) in [5.41, 5.74) is 6.25. The molecule has 0 aliphatic carbocycles. The van der Waals surface area contributed by atoms with E-state index >= 15 is 0 Å². The first kappa shape index (κ1) is 32.7. The van der Waals surface area contributed by atoms with E-state index < -0.39 is 0 Å². The van der Waals surface area contributed by atoms with Gasteiger partial charge >= 0.3 is 6.01 Å². The van der Waals surface area contributed by atoms with E-state index in [2.05, 4.69) is 106 Å². The third-order valence-electron chi connectivity index (χ3n) is 11.4. The molecule has 4 aromatic rings. The summed E-state index contributed by atoms with van der Waals surface area (Å²) in [6, 6.07) is 28.5. The highest BCUT2D eigenvalue weighted by atomic mass is 16.5. The van der Waals surface area contributed by atoms with Crippen molar-refractivity contribution in [3.63, 3.8) is 0 Å². The Morgan fingerprint density at radius 3 is 2.20 bits per heavy atom. The van der Waals surface area contributed by atoms with E-state index in [1.165, 1.54) is 39.7 Å². The average Bonchev–Trinajstić information content (AvgIpc) is 3.58. The van der Waals surface area contributed by atoms with Crippen LogP contribution in [0.3, 0.4) is 0 Å². The fourth-order valence-corrected chi connectivity index (χ4v) is 8.35. The molecule has 0 spiro atoms. The van der Waals surface area contributed by atoms with Gasteiger partial charge in [-0.05, 0) is 94.6 Å². The van der Waals surface area contributed by atoms with Crippen LogP contribution in [0.5, 0.6) is 6.01 Å². The topological polar surface area (TPSA) is 72.7 Å². The summed E-state index contributed by atoms with van der Waals surface area (Å²) in [6.45, 7) is 9.53. The average molecular weight is 671 g/mol. The molecular weight excluding hydrogens is 621 g/mol. The highest BCUT2D eigenvalue weighted by molar-refractivity contribution is 5.97. The molecule has 4 aliphatic heterocycles. The van der Waals surface area contributed by atoms with Crippen molar-refractivity contribution >= 4 is 34.0 Å². The van der Waals surface area contributed by atoms with Crippen molar-refractivity contribution in [3.8, 4) is 6.01 Å². The summed E-state index contributed by atoms with van der Waals surface area (Å²) in [5.74, 6) is 1.06. The number of aryl methyl sites for hydroxylation is 1. The summed E-state index contributed by atoms with van der Waals surface area (Å²) < 4.78 is 6.40. The van der Waals surface area contributed by atoms with Gasteiger partial charge in [-0.25, -0.2) is 9.98 Å². The monoisotopic (exact) mass is 670 g/mol. The number of aliphatic imine (C=N–C) groups is 2. The van der Waals surface area contributed by atoms with Gasteiger partial charge in [0.2, 0.25) is 0 Å². The maximum atomic E-state index is 6.40. The third kappa shape index (κ3) is 7.07. The Kier molecular flexibility index (Phi) is 9.69. The molecule has 5 heterocycles. The molecule has 0 amide bonds. The molecule has 9 nitrogen and oxygen atoms in total. The lowest BCUT2D eigenvalue weighted by molar-refractivity contribution is 0.187. The number of likely N-dealkylation sites (tertiary alicyclic amines) is 1. The first-order chi connectivity index (χ1) is 24.6. The van der Waals surface area contributed by atoms with E-state index in [1.54, 1.807) is 0 Å². The van der Waals surface area contributed by atoms with Crippen LogP contribution in [0.15, 0.2) is 76.7 Å². The van der Waals surface area contributed by atoms with Crippen LogP contribution in [0.1, 0.15) is 55.3 Å². The van der Waals surface area contributed by atoms with Crippen LogP contribution in [-0.2, 0) is 13.0 Å². The second-order valence-electron chi connectivity index (χ2n) is 14.6. The van der Waals surface area contributed by atoms with Crippen molar-refractivity contribution in [2.75, 3.05) is 67.6 Å². The summed E-state index contributed by atoms with van der Waals surface area (Å²) in [6.07, 6.45) is 7.33. The van der Waals surface area contributed by atoms with Gasteiger partial charge in [0, 0.05) is 61.1 Å². The molecule has 4 aliphatic rings. The van der Waals surface area contributed by atoms with E-state index in [0.29, 0.717) is 24.7 Å². The van der Waals surface area contributed by atoms with Gasteiger partial charge in [-0.3, -0.25) is 0 Å². The summed E-state index contributed by atoms with van der Waals surface area (Å²) in [5, 5.41) is 2.61. The smallest absolute Gasteiger partial charge is 0.318 e. The molecule has 9 heteroatoms. The largest absolute Gasteiger partial charge is 0.462 e. The van der Waals surface area contributed by atoms with Crippen LogP contribution in [0, 0.1) is 6.92 Å². The van der Waals surface area contributed by atoms with Crippen LogP contribution < -0.4 is 19.4 Å². The van der Waals surface area contributed by atoms with Crippen molar-refractivity contribution in [2.24, 2.45) is 9.98 Å². The molecule has 3 saturated heterocycles. The number of benzene rings is 3. The van der Waals surface area contributed by atoms with E-state index in [4.69, 9.17) is 24.7 Å². The van der Waals surface area contributed by atoms with E-state index in [-0.39, 0.29) is 6.04 Å². The van der Waals surface area contributed by atoms with Gasteiger partial charge in [-0.1, -0.05) is 48.5 Å². The highest BCUT2D eigenvalue weighted by Gasteiger charge is 2.30. The summed E-state index contributed by atoms with van der Waals surface area (Å²) in [7, 11) is 2.19. The number of aromatic nitrogens is 2. The SMILES string of the molecule is Cc1cccc2cccc(N3CCc4c(nc(OC[C@@H]5CCCN5C)nc4N4CCC(N=C=NC5CCN(c6ccccc6)CC5)CC4)C3)c12. The number of para-hydroxylation sites is 1. The molecule has 260 valence electrons. The van der Waals surface area contributed by atoms with E-state index in [0.717, 1.165) is 95.9 Å². The molecule has 0 saturated carbocycles. The lowest BCUT2D eigenvalue weighted by atomic mass is 9.99. The zero-order valence-corrected chi connectivity index (χ0v) is 29.7. The van der Waals surface area contributed by atoms with Gasteiger partial charge in [0.15, 0.2) is 0 Å². The Hall–Kier alpha value is -4.46. The molecule has 8 rings (SSSR count). The molecule has 0 bridgehead atoms. The van der Waals surface area contributed by atoms with Crippen LogP contribution in [0.25, 0.3) is 10.8 Å². The van der Waals surface area contributed by atoms with Crippen LogP contribution in [0.2, 0.25) is 0 Å². The van der Waals surface area contributed by atoms with Crippen LogP contribution in [-0.4, -0.2) is 91.9 Å². The minimum atomic E-state index is 0.246. The maximum absolute atomic E-state index is 6.40. The van der Waals surface area contributed by atoms with Crippen molar-refractivity contribution < 1.29 is 4.74 Å². The van der Waals surface area contributed by atoms with Crippen molar-refractivity contribution in [1.82, 2.24) is 14.9 Å². The number of ether oxygens (including phenoxy) is 1. The lowest BCUT2D eigenvalue weighted by Gasteiger charge is -2.36. The van der Waals surface area contributed by atoms with Gasteiger partial charge in [0.05, 0.1) is 30.3 Å². The second-order valence-corrected chi connectivity index (χ2v) is 14.6. The minimum Gasteiger partial charge on any atom is -0.462 e. The molecule has 3 aromatic carbocycles. The van der Waals surface area contributed by atoms with Gasteiger partial charge in [0.1, 0.15) is 12.4 Å². The number of anilines is 3. The zero-order valence-electron chi connectivity index (χ0n) is 29.7. The van der Waals surface area contributed by atoms with Crippen molar-refractivity contribution in [2.45, 2.75) is 76.5 Å². The Balaban J connectivity index is 0.961. The van der Waals surface area contributed by atoms with Gasteiger partial charge < -0.3 is 24.3 Å². The quantitative estimate of drug-likeness (QED) is 0.191. The standard InChI is InChI=1S/C41H50N8O/c1-30-9-6-10-31-11-7-15-38(39(30)31)49-26-20-36-37(27-49)44-41(50-28-35-14-8-21-46(35)2)45-40(36)48-24-18-33(19-25-48)43-29-42-32-16-22-47(23-17-32)34-12-4-3-5-13-34/h3-7,9-13,15,32-33,35H,8,14,16-28H2,1-2H3/t35-/m0/s1. The molecular formula is C41H50N8O. The first-order valence-electron chi connectivity index (χ1n) is 18.7. The molecule has 0 unspecified atom stereocenters. The molecule has 1 atom stereocenters. The fourth-order valence-electron chi connectivity index (χ4n) is 8.35. The Morgan fingerprint density at radius 2 is 1.48 bits per heavy atom. The number of fused-ring (bicyclic) bond motifs is 2. The Labute approximate surface area is 296 Å². The molecule has 0 N–H and O–H groups in total. The van der Waals surface area contributed by atoms with E-state index in [9.17, 15) is 0 Å². The summed E-state index contributed by atoms with van der Waals surface area (Å²) in [4.78, 5) is 29.6. The summed E-state index contributed by atoms with van der Waals surface area (Å²) >= 11 is 0. The van der Waals surface area contributed by atoms with Gasteiger partial charge in [0.25, 0.3) is 0 Å². The highest BCUT2D eigenvalue weighted by Crippen LogP contribution is 2.36. The Bertz CT molecular complexity index is 1840. The molecule has 1 aromatic heterocycles. The van der Waals surface area contributed by atoms with E-state index in [1.807, 2.05) is 0 Å².